The van der Waals surface area contributed by atoms with Gasteiger partial charge in [0.25, 0.3) is 5.91 Å². The van der Waals surface area contributed by atoms with Crippen molar-refractivity contribution in [2.45, 2.75) is 50.7 Å². The van der Waals surface area contributed by atoms with Crippen LogP contribution < -0.4 is 16.0 Å². The monoisotopic (exact) mass is 426 g/mol. The smallest absolute Gasteiger partial charge is 0.254 e. The third kappa shape index (κ3) is 5.55. The van der Waals surface area contributed by atoms with Crippen molar-refractivity contribution in [1.82, 2.24) is 25.8 Å². The summed E-state index contributed by atoms with van der Waals surface area (Å²) in [6.07, 6.45) is 6.61. The van der Waals surface area contributed by atoms with E-state index in [1.807, 2.05) is 24.3 Å². The largest absolute Gasteiger partial charge is 0.353 e. The maximum atomic E-state index is 12.6. The number of piperazine rings is 1. The van der Waals surface area contributed by atoms with Gasteiger partial charge < -0.3 is 20.9 Å². The number of carbonyl (C=O) groups excluding carboxylic acids is 2. The standard InChI is InChI=1S/C23H34N6O2/c1-24-23(27-19-10-12-28(15-19)20-4-2-3-5-20)26-14-17-6-8-18(9-7-17)22(31)29-13-11-25-21(30)16-29/h6-9,19-20H,2-5,10-16H2,1H3,(H,25,30)(H2,24,26,27). The molecule has 3 fully saturated rings. The first-order chi connectivity index (χ1) is 15.1. The zero-order valence-corrected chi connectivity index (χ0v) is 18.4. The predicted octanol–water partition coefficient (Wildman–Crippen LogP) is 0.941. The lowest BCUT2D eigenvalue weighted by atomic mass is 10.1. The van der Waals surface area contributed by atoms with Crippen molar-refractivity contribution < 1.29 is 9.59 Å². The highest BCUT2D eigenvalue weighted by atomic mass is 16.2. The van der Waals surface area contributed by atoms with E-state index in [2.05, 4.69) is 25.8 Å². The number of hydrogen-bond acceptors (Lipinski definition) is 4. The molecule has 0 aromatic heterocycles. The fourth-order valence-electron chi connectivity index (χ4n) is 4.84. The molecule has 4 rings (SSSR count). The number of rotatable bonds is 5. The molecule has 0 spiro atoms. The Balaban J connectivity index is 1.24. The Bertz CT molecular complexity index is 803. The van der Waals surface area contributed by atoms with Gasteiger partial charge in [-0.3, -0.25) is 19.5 Å². The van der Waals surface area contributed by atoms with Crippen molar-refractivity contribution in [3.05, 3.63) is 35.4 Å². The number of likely N-dealkylation sites (tertiary alicyclic amines) is 1. The zero-order valence-electron chi connectivity index (χ0n) is 18.4. The van der Waals surface area contributed by atoms with Crippen LogP contribution in [0.4, 0.5) is 0 Å². The first-order valence-corrected chi connectivity index (χ1v) is 11.5. The molecule has 1 aliphatic carbocycles. The molecule has 1 atom stereocenters. The normalized spacial score (nSPS) is 23.1. The molecule has 168 valence electrons. The minimum Gasteiger partial charge on any atom is -0.353 e. The Kier molecular flexibility index (Phi) is 7.06. The predicted molar refractivity (Wildman–Crippen MR) is 121 cm³/mol. The highest BCUT2D eigenvalue weighted by Gasteiger charge is 2.30. The van der Waals surface area contributed by atoms with Gasteiger partial charge in [0.15, 0.2) is 5.96 Å². The second-order valence-electron chi connectivity index (χ2n) is 8.76. The average Bonchev–Trinajstić information content (AvgIpc) is 3.48. The van der Waals surface area contributed by atoms with Gasteiger partial charge in [0.2, 0.25) is 5.91 Å². The third-order valence-electron chi connectivity index (χ3n) is 6.61. The summed E-state index contributed by atoms with van der Waals surface area (Å²) in [5, 5.41) is 9.69. The van der Waals surface area contributed by atoms with Crippen molar-refractivity contribution in [3.63, 3.8) is 0 Å². The molecule has 0 bridgehead atoms. The number of nitrogens with zero attached hydrogens (tertiary/aromatic N) is 3. The Labute approximate surface area is 184 Å². The number of nitrogens with one attached hydrogen (secondary N) is 3. The molecule has 1 unspecified atom stereocenters. The lowest BCUT2D eigenvalue weighted by molar-refractivity contribution is -0.123. The molecular weight excluding hydrogens is 392 g/mol. The molecule has 8 nitrogen and oxygen atoms in total. The lowest BCUT2D eigenvalue weighted by Crippen LogP contribution is -2.49. The van der Waals surface area contributed by atoms with E-state index in [9.17, 15) is 9.59 Å². The van der Waals surface area contributed by atoms with Crippen LogP contribution in [0.5, 0.6) is 0 Å². The Hall–Kier alpha value is -2.61. The van der Waals surface area contributed by atoms with E-state index in [4.69, 9.17) is 0 Å². The van der Waals surface area contributed by atoms with Crippen LogP contribution in [0.2, 0.25) is 0 Å². The number of amides is 2. The Morgan fingerprint density at radius 3 is 2.65 bits per heavy atom. The first-order valence-electron chi connectivity index (χ1n) is 11.5. The highest BCUT2D eigenvalue weighted by Crippen LogP contribution is 2.26. The second-order valence-corrected chi connectivity index (χ2v) is 8.76. The van der Waals surface area contributed by atoms with Crippen LogP contribution in [-0.2, 0) is 11.3 Å². The van der Waals surface area contributed by atoms with Crippen molar-refractivity contribution in [2.24, 2.45) is 4.99 Å². The zero-order chi connectivity index (χ0) is 21.6. The maximum absolute atomic E-state index is 12.6. The second kappa shape index (κ2) is 10.1. The van der Waals surface area contributed by atoms with Gasteiger partial charge in [-0.25, -0.2) is 0 Å². The molecule has 1 aromatic carbocycles. The molecule has 2 aliphatic heterocycles. The SMILES string of the molecule is CN=C(NCc1ccc(C(=O)N2CCNC(=O)C2)cc1)NC1CCN(C2CCCC2)C1. The van der Waals surface area contributed by atoms with Gasteiger partial charge >= 0.3 is 0 Å². The van der Waals surface area contributed by atoms with Crippen LogP contribution in [0, 0.1) is 0 Å². The summed E-state index contributed by atoms with van der Waals surface area (Å²) in [5.74, 6) is 0.616. The molecule has 3 N–H and O–H groups in total. The molecule has 8 heteroatoms. The van der Waals surface area contributed by atoms with E-state index >= 15 is 0 Å². The van der Waals surface area contributed by atoms with E-state index in [0.717, 1.165) is 30.5 Å². The number of hydrogen-bond donors (Lipinski definition) is 3. The van der Waals surface area contributed by atoms with Crippen molar-refractivity contribution in [1.29, 1.82) is 0 Å². The van der Waals surface area contributed by atoms with Gasteiger partial charge in [-0.1, -0.05) is 25.0 Å². The van der Waals surface area contributed by atoms with E-state index < -0.39 is 0 Å². The van der Waals surface area contributed by atoms with Gasteiger partial charge in [-0.2, -0.15) is 0 Å². The molecule has 2 heterocycles. The Morgan fingerprint density at radius 2 is 1.94 bits per heavy atom. The summed E-state index contributed by atoms with van der Waals surface area (Å²) in [7, 11) is 1.80. The van der Waals surface area contributed by atoms with Crippen LogP contribution in [0.3, 0.4) is 0 Å². The first kappa shape index (κ1) is 21.6. The van der Waals surface area contributed by atoms with Crippen molar-refractivity contribution >= 4 is 17.8 Å². The molecular formula is C23H34N6O2. The topological polar surface area (TPSA) is 89.1 Å². The van der Waals surface area contributed by atoms with E-state index in [-0.39, 0.29) is 18.4 Å². The molecule has 31 heavy (non-hydrogen) atoms. The minimum absolute atomic E-state index is 0.0973. The number of aliphatic imine (C=N–C) groups is 1. The van der Waals surface area contributed by atoms with Crippen LogP contribution in [-0.4, -0.2) is 79.4 Å². The fourth-order valence-corrected chi connectivity index (χ4v) is 4.84. The van der Waals surface area contributed by atoms with E-state index in [0.29, 0.717) is 31.2 Å². The molecule has 0 radical (unpaired) electrons. The summed E-state index contributed by atoms with van der Waals surface area (Å²) in [5.41, 5.74) is 1.69. The van der Waals surface area contributed by atoms with Gasteiger partial charge in [0.1, 0.15) is 0 Å². The average molecular weight is 427 g/mol. The summed E-state index contributed by atoms with van der Waals surface area (Å²) in [6, 6.07) is 8.79. The van der Waals surface area contributed by atoms with Crippen molar-refractivity contribution in [3.8, 4) is 0 Å². The third-order valence-corrected chi connectivity index (χ3v) is 6.61. The molecule has 3 aliphatic rings. The number of guanidine groups is 1. The van der Waals surface area contributed by atoms with Crippen LogP contribution in [0.25, 0.3) is 0 Å². The van der Waals surface area contributed by atoms with Gasteiger partial charge in [-0.15, -0.1) is 0 Å². The summed E-state index contributed by atoms with van der Waals surface area (Å²) in [4.78, 5) is 32.7. The lowest BCUT2D eigenvalue weighted by Gasteiger charge is -2.26. The summed E-state index contributed by atoms with van der Waals surface area (Å²) >= 11 is 0. The number of carbonyl (C=O) groups is 2. The van der Waals surface area contributed by atoms with Gasteiger partial charge in [0.05, 0.1) is 6.54 Å². The molecule has 1 aromatic rings. The minimum atomic E-state index is -0.104. The number of benzene rings is 1. The summed E-state index contributed by atoms with van der Waals surface area (Å²) in [6.45, 7) is 4.10. The highest BCUT2D eigenvalue weighted by molar-refractivity contribution is 5.97. The van der Waals surface area contributed by atoms with Crippen molar-refractivity contribution in [2.75, 3.05) is 39.8 Å². The molecule has 2 saturated heterocycles. The fraction of sp³-hybridized carbons (Fsp3) is 0.609. The molecule has 1 saturated carbocycles. The Morgan fingerprint density at radius 1 is 1.16 bits per heavy atom. The summed E-state index contributed by atoms with van der Waals surface area (Å²) < 4.78 is 0. The van der Waals surface area contributed by atoms with Crippen LogP contribution in [0.15, 0.2) is 29.3 Å². The van der Waals surface area contributed by atoms with Gasteiger partial charge in [-0.05, 0) is 37.0 Å². The van der Waals surface area contributed by atoms with E-state index in [1.165, 1.54) is 32.2 Å². The van der Waals surface area contributed by atoms with Crippen LogP contribution in [0.1, 0.15) is 48.0 Å². The maximum Gasteiger partial charge on any atom is 0.254 e. The van der Waals surface area contributed by atoms with Gasteiger partial charge in [0, 0.05) is 57.4 Å². The van der Waals surface area contributed by atoms with E-state index in [1.54, 1.807) is 11.9 Å². The molecule has 2 amide bonds. The quantitative estimate of drug-likeness (QED) is 0.482. The van der Waals surface area contributed by atoms with Crippen LogP contribution >= 0.6 is 0 Å².